The maximum Gasteiger partial charge on any atom is 0.335 e. The van der Waals surface area contributed by atoms with E-state index >= 15 is 0 Å². The molecule has 0 saturated carbocycles. The molecule has 0 saturated heterocycles. The first-order chi connectivity index (χ1) is 10.2. The predicted octanol–water partition coefficient (Wildman–Crippen LogP) is 4.13. The van der Waals surface area contributed by atoms with Crippen LogP contribution in [0.3, 0.4) is 0 Å². The lowest BCUT2D eigenvalue weighted by atomic mass is 10.2. The van der Waals surface area contributed by atoms with Crippen LogP contribution >= 0.6 is 11.8 Å². The van der Waals surface area contributed by atoms with Crippen molar-refractivity contribution in [1.29, 1.82) is 0 Å². The van der Waals surface area contributed by atoms with Gasteiger partial charge in [-0.2, -0.15) is 0 Å². The van der Waals surface area contributed by atoms with Gasteiger partial charge in [-0.25, -0.2) is 4.79 Å². The van der Waals surface area contributed by atoms with Crippen LogP contribution in [0.4, 0.5) is 0 Å². The minimum absolute atomic E-state index is 0.332. The lowest BCUT2D eigenvalue weighted by Crippen LogP contribution is -2.00. The van der Waals surface area contributed by atoms with Gasteiger partial charge in [-0.05, 0) is 35.7 Å². The monoisotopic (exact) mass is 297 g/mol. The van der Waals surface area contributed by atoms with Crippen LogP contribution < -0.4 is 0 Å². The van der Waals surface area contributed by atoms with Gasteiger partial charge in [-0.3, -0.25) is 0 Å². The molecule has 3 aromatic rings. The van der Waals surface area contributed by atoms with E-state index in [0.29, 0.717) is 5.56 Å². The van der Waals surface area contributed by atoms with E-state index in [2.05, 4.69) is 16.7 Å². The van der Waals surface area contributed by atoms with Crippen molar-refractivity contribution in [3.05, 3.63) is 66.4 Å². The minimum atomic E-state index is -0.886. The lowest BCUT2D eigenvalue weighted by Gasteiger charge is -2.06. The quantitative estimate of drug-likeness (QED) is 0.720. The molecule has 0 amide bonds. The highest BCUT2D eigenvalue weighted by Crippen LogP contribution is 2.21. The van der Waals surface area contributed by atoms with Crippen LogP contribution in [0, 0.1) is 0 Å². The summed E-state index contributed by atoms with van der Waals surface area (Å²) in [6.45, 7) is 0.853. The minimum Gasteiger partial charge on any atom is -0.478 e. The van der Waals surface area contributed by atoms with Crippen molar-refractivity contribution in [2.75, 3.05) is 5.75 Å². The number of aromatic carboxylic acids is 1. The molecule has 0 aliphatic carbocycles. The summed E-state index contributed by atoms with van der Waals surface area (Å²) in [5, 5.41) is 10.2. The third-order valence-corrected chi connectivity index (χ3v) is 4.36. The SMILES string of the molecule is O=C(O)c1ccc2ccn(CCSc3ccccc3)c2c1. The average Bonchev–Trinajstić information content (AvgIpc) is 2.91. The maximum absolute atomic E-state index is 11.1. The molecule has 0 unspecified atom stereocenters. The molecule has 1 N–H and O–H groups in total. The summed E-state index contributed by atoms with van der Waals surface area (Å²) in [6.07, 6.45) is 2.02. The number of carbonyl (C=O) groups is 1. The fourth-order valence-electron chi connectivity index (χ4n) is 2.29. The van der Waals surface area contributed by atoms with Gasteiger partial charge < -0.3 is 9.67 Å². The van der Waals surface area contributed by atoms with E-state index in [1.165, 1.54) is 4.90 Å². The Hall–Kier alpha value is -2.20. The van der Waals surface area contributed by atoms with Gasteiger partial charge in [-0.15, -0.1) is 11.8 Å². The largest absolute Gasteiger partial charge is 0.478 e. The third kappa shape index (κ3) is 3.11. The summed E-state index contributed by atoms with van der Waals surface area (Å²) in [5.74, 6) is 0.0637. The van der Waals surface area contributed by atoms with Gasteiger partial charge in [0, 0.05) is 28.9 Å². The maximum atomic E-state index is 11.1. The number of fused-ring (bicyclic) bond motifs is 1. The van der Waals surface area contributed by atoms with E-state index in [4.69, 9.17) is 5.11 Å². The Bertz CT molecular complexity index is 765. The van der Waals surface area contributed by atoms with E-state index in [0.717, 1.165) is 23.2 Å². The Labute approximate surface area is 127 Å². The van der Waals surface area contributed by atoms with E-state index in [1.807, 2.05) is 36.5 Å². The molecule has 0 spiro atoms. The number of aryl methyl sites for hydroxylation is 1. The fraction of sp³-hybridized carbons (Fsp3) is 0.118. The van der Waals surface area contributed by atoms with Crippen LogP contribution in [0.1, 0.15) is 10.4 Å². The number of carboxylic acids is 1. The van der Waals surface area contributed by atoms with Crippen molar-refractivity contribution in [1.82, 2.24) is 4.57 Å². The van der Waals surface area contributed by atoms with Crippen LogP contribution in [0.2, 0.25) is 0 Å². The van der Waals surface area contributed by atoms with Gasteiger partial charge in [0.2, 0.25) is 0 Å². The Kier molecular flexibility index (Phi) is 3.97. The normalized spacial score (nSPS) is 10.9. The number of nitrogens with zero attached hydrogens (tertiary/aromatic N) is 1. The number of aromatic nitrogens is 1. The first-order valence-corrected chi connectivity index (χ1v) is 7.72. The lowest BCUT2D eigenvalue weighted by molar-refractivity contribution is 0.0697. The van der Waals surface area contributed by atoms with Crippen molar-refractivity contribution < 1.29 is 9.90 Å². The smallest absolute Gasteiger partial charge is 0.335 e. The summed E-state index contributed by atoms with van der Waals surface area (Å²) in [4.78, 5) is 12.3. The molecule has 0 atom stereocenters. The Morgan fingerprint density at radius 3 is 2.67 bits per heavy atom. The van der Waals surface area contributed by atoms with E-state index < -0.39 is 5.97 Å². The van der Waals surface area contributed by atoms with Gasteiger partial charge in [-0.1, -0.05) is 24.3 Å². The Balaban J connectivity index is 1.74. The first kappa shape index (κ1) is 13.8. The molecule has 0 fully saturated rings. The molecule has 1 aromatic heterocycles. The second-order valence-electron chi connectivity index (χ2n) is 4.75. The molecule has 0 aliphatic heterocycles. The van der Waals surface area contributed by atoms with Gasteiger partial charge in [0.25, 0.3) is 0 Å². The van der Waals surface area contributed by atoms with Crippen molar-refractivity contribution >= 4 is 28.6 Å². The van der Waals surface area contributed by atoms with Crippen LogP contribution in [-0.4, -0.2) is 21.4 Å². The molecule has 0 radical (unpaired) electrons. The second kappa shape index (κ2) is 6.06. The standard InChI is InChI=1S/C17H15NO2S/c19-17(20)14-7-6-13-8-9-18(16(13)12-14)10-11-21-15-4-2-1-3-5-15/h1-9,12H,10-11H2,(H,19,20). The molecule has 3 rings (SSSR count). The highest BCUT2D eigenvalue weighted by Gasteiger charge is 2.07. The van der Waals surface area contributed by atoms with Crippen LogP contribution in [0.15, 0.2) is 65.7 Å². The number of benzene rings is 2. The molecule has 2 aromatic carbocycles. The Morgan fingerprint density at radius 1 is 1.10 bits per heavy atom. The molecule has 0 bridgehead atoms. The van der Waals surface area contributed by atoms with Gasteiger partial charge in [0.1, 0.15) is 0 Å². The molecule has 0 aliphatic rings. The van der Waals surface area contributed by atoms with Crippen LogP contribution in [0.5, 0.6) is 0 Å². The zero-order valence-corrected chi connectivity index (χ0v) is 12.2. The molecular weight excluding hydrogens is 282 g/mol. The third-order valence-electron chi connectivity index (χ3n) is 3.36. The zero-order valence-electron chi connectivity index (χ0n) is 11.4. The number of carboxylic acid groups (broad SMARTS) is 1. The Morgan fingerprint density at radius 2 is 1.90 bits per heavy atom. The van der Waals surface area contributed by atoms with Gasteiger partial charge >= 0.3 is 5.97 Å². The summed E-state index contributed by atoms with van der Waals surface area (Å²) >= 11 is 1.80. The molecule has 21 heavy (non-hydrogen) atoms. The number of rotatable bonds is 5. The topological polar surface area (TPSA) is 42.2 Å². The predicted molar refractivity (Wildman–Crippen MR) is 86.1 cm³/mol. The van der Waals surface area contributed by atoms with Crippen LogP contribution in [0.25, 0.3) is 10.9 Å². The highest BCUT2D eigenvalue weighted by molar-refractivity contribution is 7.99. The second-order valence-corrected chi connectivity index (χ2v) is 5.92. The summed E-state index contributed by atoms with van der Waals surface area (Å²) in [7, 11) is 0. The van der Waals surface area contributed by atoms with Crippen molar-refractivity contribution in [2.24, 2.45) is 0 Å². The number of hydrogen-bond donors (Lipinski definition) is 1. The zero-order chi connectivity index (χ0) is 14.7. The molecule has 1 heterocycles. The average molecular weight is 297 g/mol. The van der Waals surface area contributed by atoms with E-state index in [9.17, 15) is 4.79 Å². The first-order valence-electron chi connectivity index (χ1n) is 6.74. The van der Waals surface area contributed by atoms with Crippen molar-refractivity contribution in [3.63, 3.8) is 0 Å². The van der Waals surface area contributed by atoms with Gasteiger partial charge in [0.15, 0.2) is 0 Å². The highest BCUT2D eigenvalue weighted by atomic mass is 32.2. The molecule has 4 heteroatoms. The summed E-state index contributed by atoms with van der Waals surface area (Å²) < 4.78 is 2.11. The van der Waals surface area contributed by atoms with E-state index in [1.54, 1.807) is 23.9 Å². The van der Waals surface area contributed by atoms with E-state index in [-0.39, 0.29) is 0 Å². The fourth-order valence-corrected chi connectivity index (χ4v) is 3.16. The summed E-state index contributed by atoms with van der Waals surface area (Å²) in [6, 6.07) is 17.5. The number of hydrogen-bond acceptors (Lipinski definition) is 2. The molecule has 3 nitrogen and oxygen atoms in total. The summed E-state index contributed by atoms with van der Waals surface area (Å²) in [5.41, 5.74) is 1.31. The van der Waals surface area contributed by atoms with Gasteiger partial charge in [0.05, 0.1) is 5.56 Å². The van der Waals surface area contributed by atoms with Crippen molar-refractivity contribution in [2.45, 2.75) is 11.4 Å². The van der Waals surface area contributed by atoms with Crippen LogP contribution in [-0.2, 0) is 6.54 Å². The number of thioether (sulfide) groups is 1. The molecule has 106 valence electrons. The van der Waals surface area contributed by atoms with Crippen molar-refractivity contribution in [3.8, 4) is 0 Å². The molecular formula is C17H15NO2S.